The lowest BCUT2D eigenvalue weighted by molar-refractivity contribution is 0.126. The van der Waals surface area contributed by atoms with Crippen LogP contribution in [0.25, 0.3) is 0 Å². The Morgan fingerprint density at radius 2 is 2.35 bits per heavy atom. The Kier molecular flexibility index (Phi) is 4.95. The van der Waals surface area contributed by atoms with Gasteiger partial charge in [0.15, 0.2) is 0 Å². The lowest BCUT2D eigenvalue weighted by Gasteiger charge is -2.40. The minimum Gasteiger partial charge on any atom is -0.311 e. The van der Waals surface area contributed by atoms with Crippen molar-refractivity contribution in [1.82, 2.24) is 15.2 Å². The molecule has 0 amide bonds. The fourth-order valence-corrected chi connectivity index (χ4v) is 3.09. The first kappa shape index (κ1) is 13.0. The van der Waals surface area contributed by atoms with Crippen LogP contribution in [-0.2, 0) is 6.42 Å². The lowest BCUT2D eigenvalue weighted by atomic mass is 10.0. The Bertz CT molecular complexity index is 312. The zero-order valence-corrected chi connectivity index (χ0v) is 11.7. The first-order valence-electron chi connectivity index (χ1n) is 6.68. The minimum atomic E-state index is 0.674. The van der Waals surface area contributed by atoms with Crippen molar-refractivity contribution in [3.63, 3.8) is 0 Å². The van der Waals surface area contributed by atoms with E-state index in [1.54, 1.807) is 11.3 Å². The number of hydrogen-bond acceptors (Lipinski definition) is 4. The molecule has 0 saturated carbocycles. The Labute approximate surface area is 108 Å². The first-order valence-corrected chi connectivity index (χ1v) is 7.62. The summed E-state index contributed by atoms with van der Waals surface area (Å²) in [5.41, 5.74) is 3.18. The third-order valence-corrected chi connectivity index (χ3v) is 4.35. The Balaban J connectivity index is 1.86. The number of thiazole rings is 1. The largest absolute Gasteiger partial charge is 0.311 e. The van der Waals surface area contributed by atoms with E-state index in [0.717, 1.165) is 19.5 Å². The average Bonchev–Trinajstić information content (AvgIpc) is 2.89. The van der Waals surface area contributed by atoms with Gasteiger partial charge in [-0.2, -0.15) is 0 Å². The van der Waals surface area contributed by atoms with E-state index in [-0.39, 0.29) is 0 Å². The molecule has 4 heteroatoms. The number of piperazine rings is 1. The van der Waals surface area contributed by atoms with Crippen LogP contribution in [0.5, 0.6) is 0 Å². The van der Waals surface area contributed by atoms with Crippen molar-refractivity contribution in [2.24, 2.45) is 0 Å². The third-order valence-electron chi connectivity index (χ3n) is 3.72. The highest BCUT2D eigenvalue weighted by atomic mass is 32.1. The molecule has 2 rings (SSSR count). The van der Waals surface area contributed by atoms with Gasteiger partial charge in [-0.3, -0.25) is 4.90 Å². The molecule has 0 aliphatic carbocycles. The summed E-state index contributed by atoms with van der Waals surface area (Å²) in [5.74, 6) is 0. The number of aromatic nitrogens is 1. The zero-order chi connectivity index (χ0) is 12.1. The van der Waals surface area contributed by atoms with Crippen LogP contribution < -0.4 is 5.32 Å². The molecule has 1 saturated heterocycles. The molecule has 1 aliphatic heterocycles. The van der Waals surface area contributed by atoms with Crippen LogP contribution in [0.1, 0.15) is 32.4 Å². The summed E-state index contributed by atoms with van der Waals surface area (Å²) in [5, 5.41) is 5.80. The second kappa shape index (κ2) is 6.47. The van der Waals surface area contributed by atoms with Crippen LogP contribution in [0.2, 0.25) is 0 Å². The van der Waals surface area contributed by atoms with Gasteiger partial charge in [-0.25, -0.2) is 4.98 Å². The molecule has 2 heterocycles. The van der Waals surface area contributed by atoms with Gasteiger partial charge in [-0.1, -0.05) is 13.8 Å². The Morgan fingerprint density at radius 3 is 3.00 bits per heavy atom. The zero-order valence-electron chi connectivity index (χ0n) is 10.9. The number of nitrogens with one attached hydrogen (secondary N) is 1. The molecular weight excluding hydrogens is 230 g/mol. The maximum atomic E-state index is 4.37. The van der Waals surface area contributed by atoms with Gasteiger partial charge in [-0.15, -0.1) is 11.3 Å². The second-order valence-corrected chi connectivity index (χ2v) is 5.52. The summed E-state index contributed by atoms with van der Waals surface area (Å²) >= 11 is 1.70. The molecule has 1 aliphatic rings. The molecule has 96 valence electrons. The van der Waals surface area contributed by atoms with E-state index in [2.05, 4.69) is 34.4 Å². The Hall–Kier alpha value is -0.450. The number of rotatable bonds is 5. The molecule has 1 fully saturated rings. The summed E-state index contributed by atoms with van der Waals surface area (Å²) in [6, 6.07) is 1.38. The highest BCUT2D eigenvalue weighted by Gasteiger charge is 2.25. The summed E-state index contributed by atoms with van der Waals surface area (Å²) < 4.78 is 0. The van der Waals surface area contributed by atoms with Crippen molar-refractivity contribution < 1.29 is 0 Å². The SMILES string of the molecule is CCC1CN(CCc2cscn2)C(CC)CN1. The average molecular weight is 253 g/mol. The quantitative estimate of drug-likeness (QED) is 0.871. The van der Waals surface area contributed by atoms with Crippen LogP contribution in [0.3, 0.4) is 0 Å². The predicted octanol–water partition coefficient (Wildman–Crippen LogP) is 2.15. The standard InChI is InChI=1S/C13H23N3S/c1-3-11-8-16(13(4-2)7-14-11)6-5-12-9-17-10-15-12/h9-11,13-14H,3-8H2,1-2H3. The van der Waals surface area contributed by atoms with Crippen LogP contribution >= 0.6 is 11.3 Å². The van der Waals surface area contributed by atoms with Crippen molar-refractivity contribution >= 4 is 11.3 Å². The normalized spacial score (nSPS) is 26.2. The fraction of sp³-hybridized carbons (Fsp3) is 0.769. The van der Waals surface area contributed by atoms with E-state index in [1.165, 1.54) is 25.1 Å². The molecule has 0 aromatic carbocycles. The Morgan fingerprint density at radius 1 is 1.47 bits per heavy atom. The van der Waals surface area contributed by atoms with Crippen LogP contribution in [0.15, 0.2) is 10.9 Å². The van der Waals surface area contributed by atoms with Crippen molar-refractivity contribution in [3.05, 3.63) is 16.6 Å². The van der Waals surface area contributed by atoms with Gasteiger partial charge in [0.05, 0.1) is 11.2 Å². The van der Waals surface area contributed by atoms with E-state index < -0.39 is 0 Å². The molecule has 1 N–H and O–H groups in total. The third kappa shape index (κ3) is 3.50. The highest BCUT2D eigenvalue weighted by Crippen LogP contribution is 2.13. The van der Waals surface area contributed by atoms with Gasteiger partial charge in [-0.05, 0) is 12.8 Å². The predicted molar refractivity (Wildman–Crippen MR) is 73.6 cm³/mol. The summed E-state index contributed by atoms with van der Waals surface area (Å²) in [6.45, 7) is 8.04. The molecule has 1 aromatic rings. The summed E-state index contributed by atoms with van der Waals surface area (Å²) in [6.07, 6.45) is 3.56. The molecule has 3 nitrogen and oxygen atoms in total. The molecule has 2 atom stereocenters. The van der Waals surface area contributed by atoms with Gasteiger partial charge in [0.2, 0.25) is 0 Å². The topological polar surface area (TPSA) is 28.2 Å². The molecule has 0 spiro atoms. The van der Waals surface area contributed by atoms with Crippen LogP contribution in [0, 0.1) is 0 Å². The van der Waals surface area contributed by atoms with Crippen molar-refractivity contribution in [3.8, 4) is 0 Å². The summed E-state index contributed by atoms with van der Waals surface area (Å²) in [7, 11) is 0. The minimum absolute atomic E-state index is 0.674. The molecule has 0 radical (unpaired) electrons. The van der Waals surface area contributed by atoms with Gasteiger partial charge in [0.1, 0.15) is 0 Å². The molecule has 2 unspecified atom stereocenters. The second-order valence-electron chi connectivity index (χ2n) is 4.80. The first-order chi connectivity index (χ1) is 8.33. The van der Waals surface area contributed by atoms with Gasteiger partial charge < -0.3 is 5.32 Å². The van der Waals surface area contributed by atoms with E-state index in [4.69, 9.17) is 0 Å². The maximum absolute atomic E-state index is 4.37. The maximum Gasteiger partial charge on any atom is 0.0794 e. The van der Waals surface area contributed by atoms with E-state index in [1.807, 2.05) is 5.51 Å². The summed E-state index contributed by atoms with van der Waals surface area (Å²) in [4.78, 5) is 7.01. The van der Waals surface area contributed by atoms with Crippen molar-refractivity contribution in [2.75, 3.05) is 19.6 Å². The number of hydrogen-bond donors (Lipinski definition) is 1. The molecule has 17 heavy (non-hydrogen) atoms. The smallest absolute Gasteiger partial charge is 0.0794 e. The van der Waals surface area contributed by atoms with Crippen molar-refractivity contribution in [1.29, 1.82) is 0 Å². The fourth-order valence-electron chi connectivity index (χ4n) is 2.50. The molecular formula is C13H23N3S. The van der Waals surface area contributed by atoms with E-state index in [0.29, 0.717) is 12.1 Å². The van der Waals surface area contributed by atoms with Gasteiger partial charge >= 0.3 is 0 Å². The van der Waals surface area contributed by atoms with E-state index in [9.17, 15) is 0 Å². The van der Waals surface area contributed by atoms with Gasteiger partial charge in [0.25, 0.3) is 0 Å². The molecule has 0 bridgehead atoms. The molecule has 1 aromatic heterocycles. The lowest BCUT2D eigenvalue weighted by Crippen LogP contribution is -2.56. The van der Waals surface area contributed by atoms with Crippen LogP contribution in [0.4, 0.5) is 0 Å². The van der Waals surface area contributed by atoms with Crippen molar-refractivity contribution in [2.45, 2.75) is 45.2 Å². The number of nitrogens with zero attached hydrogens (tertiary/aromatic N) is 2. The highest BCUT2D eigenvalue weighted by molar-refractivity contribution is 7.07. The monoisotopic (exact) mass is 253 g/mol. The van der Waals surface area contributed by atoms with E-state index >= 15 is 0 Å². The van der Waals surface area contributed by atoms with Crippen LogP contribution in [-0.4, -0.2) is 41.6 Å². The van der Waals surface area contributed by atoms with Gasteiger partial charge in [0, 0.05) is 43.5 Å².